The van der Waals surface area contributed by atoms with Gasteiger partial charge >= 0.3 is 0 Å². The van der Waals surface area contributed by atoms with Crippen LogP contribution in [-0.2, 0) is 0 Å². The predicted molar refractivity (Wildman–Crippen MR) is 59.5 cm³/mol. The van der Waals surface area contributed by atoms with E-state index in [-0.39, 0.29) is 0 Å². The Morgan fingerprint density at radius 1 is 1.29 bits per heavy atom. The number of hydrogen-bond donors (Lipinski definition) is 1. The number of aliphatic imine (C=N–C) groups is 1. The van der Waals surface area contributed by atoms with Crippen molar-refractivity contribution < 1.29 is 0 Å². The fourth-order valence-electron chi connectivity index (χ4n) is 1.73. The zero-order valence-corrected chi connectivity index (χ0v) is 8.53. The first-order chi connectivity index (χ1) is 6.86. The zero-order chi connectivity index (χ0) is 9.80. The highest BCUT2D eigenvalue weighted by atomic mass is 15.0. The Morgan fingerprint density at radius 2 is 2.07 bits per heavy atom. The van der Waals surface area contributed by atoms with E-state index in [4.69, 9.17) is 0 Å². The molecule has 1 aromatic rings. The van der Waals surface area contributed by atoms with Crippen LogP contribution in [0, 0.1) is 0 Å². The highest BCUT2D eigenvalue weighted by Crippen LogP contribution is 2.13. The molecule has 74 valence electrons. The molecule has 0 saturated carbocycles. The standard InChI is InChI=1S/C12H16N2/c1-10(11-6-3-2-4-7-11)14-12-8-5-9-13-12/h2-4,6-7,10H,5,8-9H2,1H3,(H,13,14)/t10-/m0/s1. The van der Waals surface area contributed by atoms with Gasteiger partial charge in [-0.25, -0.2) is 0 Å². The van der Waals surface area contributed by atoms with Gasteiger partial charge < -0.3 is 5.32 Å². The lowest BCUT2D eigenvalue weighted by molar-refractivity contribution is 0.709. The van der Waals surface area contributed by atoms with Crippen LogP contribution in [0.5, 0.6) is 0 Å². The predicted octanol–water partition coefficient (Wildman–Crippen LogP) is 2.53. The van der Waals surface area contributed by atoms with E-state index in [1.165, 1.54) is 17.8 Å². The molecule has 0 saturated heterocycles. The van der Waals surface area contributed by atoms with Gasteiger partial charge in [0.05, 0.1) is 5.84 Å². The molecule has 1 aromatic carbocycles. The average Bonchev–Trinajstić information content (AvgIpc) is 2.72. The Hall–Kier alpha value is -1.31. The van der Waals surface area contributed by atoms with Crippen molar-refractivity contribution in [2.45, 2.75) is 25.8 Å². The summed E-state index contributed by atoms with van der Waals surface area (Å²) in [4.78, 5) is 4.41. The Balaban J connectivity index is 1.99. The summed E-state index contributed by atoms with van der Waals surface area (Å²) in [6, 6.07) is 10.9. The molecule has 1 heterocycles. The highest BCUT2D eigenvalue weighted by Gasteiger charge is 2.10. The Bertz CT molecular complexity index is 316. The lowest BCUT2D eigenvalue weighted by Crippen LogP contribution is -2.24. The van der Waals surface area contributed by atoms with E-state index in [9.17, 15) is 0 Å². The molecule has 0 radical (unpaired) electrons. The fourth-order valence-corrected chi connectivity index (χ4v) is 1.73. The third-order valence-corrected chi connectivity index (χ3v) is 2.56. The number of nitrogens with zero attached hydrogens (tertiary/aromatic N) is 1. The van der Waals surface area contributed by atoms with Crippen molar-refractivity contribution >= 4 is 5.84 Å². The van der Waals surface area contributed by atoms with E-state index in [0.717, 1.165) is 13.0 Å². The smallest absolute Gasteiger partial charge is 0.0968 e. The molecular formula is C12H16N2. The maximum Gasteiger partial charge on any atom is 0.0968 e. The van der Waals surface area contributed by atoms with Crippen LogP contribution in [-0.4, -0.2) is 12.4 Å². The van der Waals surface area contributed by atoms with Gasteiger partial charge in [0.15, 0.2) is 0 Å². The second kappa shape index (κ2) is 4.27. The molecule has 2 rings (SSSR count). The van der Waals surface area contributed by atoms with Crippen molar-refractivity contribution in [2.75, 3.05) is 6.54 Å². The monoisotopic (exact) mass is 188 g/mol. The van der Waals surface area contributed by atoms with Gasteiger partial charge in [-0.15, -0.1) is 0 Å². The van der Waals surface area contributed by atoms with Crippen LogP contribution in [0.2, 0.25) is 0 Å². The molecule has 0 fully saturated rings. The van der Waals surface area contributed by atoms with Crippen molar-refractivity contribution in [1.29, 1.82) is 0 Å². The lowest BCUT2D eigenvalue weighted by atomic mass is 10.1. The molecule has 14 heavy (non-hydrogen) atoms. The summed E-state index contributed by atoms with van der Waals surface area (Å²) in [5.74, 6) is 1.17. The molecule has 1 N–H and O–H groups in total. The zero-order valence-electron chi connectivity index (χ0n) is 8.53. The summed E-state index contributed by atoms with van der Waals surface area (Å²) in [7, 11) is 0. The van der Waals surface area contributed by atoms with Crippen LogP contribution in [0.4, 0.5) is 0 Å². The van der Waals surface area contributed by atoms with Gasteiger partial charge in [0.25, 0.3) is 0 Å². The highest BCUT2D eigenvalue weighted by molar-refractivity contribution is 5.83. The largest absolute Gasteiger partial charge is 0.367 e. The third-order valence-electron chi connectivity index (χ3n) is 2.56. The summed E-state index contributed by atoms with van der Waals surface area (Å²) >= 11 is 0. The van der Waals surface area contributed by atoms with E-state index in [0.29, 0.717) is 6.04 Å². The van der Waals surface area contributed by atoms with Crippen molar-refractivity contribution in [3.8, 4) is 0 Å². The van der Waals surface area contributed by atoms with Crippen molar-refractivity contribution in [3.63, 3.8) is 0 Å². The Kier molecular flexibility index (Phi) is 2.82. The minimum Gasteiger partial charge on any atom is -0.367 e. The number of nitrogens with one attached hydrogen (secondary N) is 1. The van der Waals surface area contributed by atoms with Gasteiger partial charge in [-0.1, -0.05) is 30.3 Å². The molecule has 0 aromatic heterocycles. The van der Waals surface area contributed by atoms with Crippen LogP contribution < -0.4 is 5.32 Å². The molecule has 1 aliphatic heterocycles. The normalized spacial score (nSPS) is 17.6. The number of benzene rings is 1. The minimum atomic E-state index is 0.369. The van der Waals surface area contributed by atoms with Crippen molar-refractivity contribution in [3.05, 3.63) is 35.9 Å². The van der Waals surface area contributed by atoms with Crippen LogP contribution in [0.15, 0.2) is 35.3 Å². The van der Waals surface area contributed by atoms with Crippen LogP contribution in [0.25, 0.3) is 0 Å². The quantitative estimate of drug-likeness (QED) is 0.757. The minimum absolute atomic E-state index is 0.369. The molecule has 0 bridgehead atoms. The fraction of sp³-hybridized carbons (Fsp3) is 0.417. The topological polar surface area (TPSA) is 24.4 Å². The van der Waals surface area contributed by atoms with Crippen molar-refractivity contribution in [1.82, 2.24) is 5.32 Å². The van der Waals surface area contributed by atoms with Crippen LogP contribution in [0.3, 0.4) is 0 Å². The summed E-state index contributed by atoms with van der Waals surface area (Å²) in [6.45, 7) is 3.17. The second-order valence-corrected chi connectivity index (χ2v) is 3.71. The van der Waals surface area contributed by atoms with Gasteiger partial charge in [-0.2, -0.15) is 0 Å². The SMILES string of the molecule is C[C@H](NC1=NCCC1)c1ccccc1. The Morgan fingerprint density at radius 3 is 2.71 bits per heavy atom. The molecule has 0 unspecified atom stereocenters. The molecule has 0 amide bonds. The maximum absolute atomic E-state index is 4.41. The summed E-state index contributed by atoms with van der Waals surface area (Å²) in [5, 5.41) is 3.45. The second-order valence-electron chi connectivity index (χ2n) is 3.71. The summed E-state index contributed by atoms with van der Waals surface area (Å²) < 4.78 is 0. The van der Waals surface area contributed by atoms with E-state index in [1.54, 1.807) is 0 Å². The molecular weight excluding hydrogens is 172 g/mol. The average molecular weight is 188 g/mol. The third kappa shape index (κ3) is 2.13. The molecule has 0 spiro atoms. The van der Waals surface area contributed by atoms with Gasteiger partial charge in [0, 0.05) is 19.0 Å². The molecule has 1 aliphatic rings. The van der Waals surface area contributed by atoms with Crippen LogP contribution in [0.1, 0.15) is 31.4 Å². The van der Waals surface area contributed by atoms with Gasteiger partial charge in [0.1, 0.15) is 0 Å². The molecule has 1 atom stereocenters. The van der Waals surface area contributed by atoms with E-state index in [2.05, 4.69) is 41.5 Å². The number of rotatable bonds is 2. The first kappa shape index (κ1) is 9.25. The van der Waals surface area contributed by atoms with Crippen LogP contribution >= 0.6 is 0 Å². The molecule has 2 heteroatoms. The lowest BCUT2D eigenvalue weighted by Gasteiger charge is -2.14. The number of amidine groups is 1. The number of hydrogen-bond acceptors (Lipinski definition) is 2. The molecule has 2 nitrogen and oxygen atoms in total. The van der Waals surface area contributed by atoms with E-state index in [1.807, 2.05) is 6.07 Å². The Labute approximate surface area is 85.1 Å². The first-order valence-electron chi connectivity index (χ1n) is 5.21. The van der Waals surface area contributed by atoms with Gasteiger partial charge in [0.2, 0.25) is 0 Å². The summed E-state index contributed by atoms with van der Waals surface area (Å²) in [6.07, 6.45) is 2.31. The van der Waals surface area contributed by atoms with Gasteiger partial charge in [-0.05, 0) is 18.9 Å². The van der Waals surface area contributed by atoms with E-state index >= 15 is 0 Å². The summed E-state index contributed by atoms with van der Waals surface area (Å²) in [5.41, 5.74) is 1.32. The van der Waals surface area contributed by atoms with E-state index < -0.39 is 0 Å². The van der Waals surface area contributed by atoms with Crippen molar-refractivity contribution in [2.24, 2.45) is 4.99 Å². The first-order valence-corrected chi connectivity index (χ1v) is 5.21. The molecule has 0 aliphatic carbocycles. The maximum atomic E-state index is 4.41. The van der Waals surface area contributed by atoms with Gasteiger partial charge in [-0.3, -0.25) is 4.99 Å².